The maximum atomic E-state index is 13.2. The Morgan fingerprint density at radius 2 is 1.94 bits per heavy atom. The van der Waals surface area contributed by atoms with Gasteiger partial charge in [0, 0.05) is 13.2 Å². The molecule has 2 atom stereocenters. The lowest BCUT2D eigenvalue weighted by Gasteiger charge is -2.29. The number of hydrogen-bond donors (Lipinski definition) is 1. The number of ether oxygens (including phenoxy) is 1. The molecule has 2 fully saturated rings. The second-order valence-electron chi connectivity index (χ2n) is 7.40. The molecular weight excluding hydrogens is 426 g/mol. The number of anilines is 1. The normalized spacial score (nSPS) is 21.6. The molecule has 2 aliphatic heterocycles. The summed E-state index contributed by atoms with van der Waals surface area (Å²) in [6.07, 6.45) is 2.53. The Labute approximate surface area is 178 Å². The zero-order chi connectivity index (χ0) is 22.2. The lowest BCUT2D eigenvalue weighted by Crippen LogP contribution is -2.48. The highest BCUT2D eigenvalue weighted by molar-refractivity contribution is 7.89. The monoisotopic (exact) mass is 447 g/mol. The molecule has 164 valence electrons. The van der Waals surface area contributed by atoms with Gasteiger partial charge in [-0.3, -0.25) is 14.4 Å². The molecule has 0 radical (unpaired) electrons. The fraction of sp³-hybridized carbons (Fsp3) is 0.350. The third kappa shape index (κ3) is 4.24. The van der Waals surface area contributed by atoms with Crippen molar-refractivity contribution in [3.05, 3.63) is 48.4 Å². The van der Waals surface area contributed by atoms with Crippen LogP contribution in [0.25, 0.3) is 0 Å². The van der Waals surface area contributed by atoms with Gasteiger partial charge in [0.15, 0.2) is 5.76 Å². The van der Waals surface area contributed by atoms with Crippen molar-refractivity contribution in [3.63, 3.8) is 0 Å². The van der Waals surface area contributed by atoms with Crippen molar-refractivity contribution in [1.82, 2.24) is 4.90 Å². The highest BCUT2D eigenvalue weighted by Gasteiger charge is 2.45. The molecule has 0 spiro atoms. The van der Waals surface area contributed by atoms with Crippen LogP contribution in [-0.2, 0) is 24.3 Å². The molecule has 2 unspecified atom stereocenters. The number of rotatable bonds is 6. The van der Waals surface area contributed by atoms with Gasteiger partial charge in [-0.25, -0.2) is 18.5 Å². The van der Waals surface area contributed by atoms with Crippen molar-refractivity contribution in [2.45, 2.75) is 36.3 Å². The predicted octanol–water partition coefficient (Wildman–Crippen LogP) is 0.880. The summed E-state index contributed by atoms with van der Waals surface area (Å²) in [5.41, 5.74) is 0.201. The average molecular weight is 447 g/mol. The lowest BCUT2D eigenvalue weighted by molar-refractivity contribution is -0.122. The minimum Gasteiger partial charge on any atom is -0.459 e. The molecule has 1 aromatic heterocycles. The van der Waals surface area contributed by atoms with Crippen LogP contribution in [-0.4, -0.2) is 56.3 Å². The first kappa shape index (κ1) is 21.2. The van der Waals surface area contributed by atoms with Gasteiger partial charge < -0.3 is 14.1 Å². The minimum absolute atomic E-state index is 0.0641. The molecule has 2 saturated heterocycles. The van der Waals surface area contributed by atoms with E-state index in [9.17, 15) is 22.8 Å². The Morgan fingerprint density at radius 1 is 1.19 bits per heavy atom. The molecule has 31 heavy (non-hydrogen) atoms. The Kier molecular flexibility index (Phi) is 5.65. The summed E-state index contributed by atoms with van der Waals surface area (Å²) in [7, 11) is -3.91. The lowest BCUT2D eigenvalue weighted by atomic mass is 10.1. The van der Waals surface area contributed by atoms with Gasteiger partial charge in [-0.05, 0) is 49.2 Å². The number of imide groups is 1. The second-order valence-corrected chi connectivity index (χ2v) is 8.96. The van der Waals surface area contributed by atoms with Crippen LogP contribution in [0, 0.1) is 0 Å². The Morgan fingerprint density at radius 3 is 2.52 bits per heavy atom. The smallest absolute Gasteiger partial charge is 0.290 e. The molecule has 2 N–H and O–H groups in total. The van der Waals surface area contributed by atoms with Gasteiger partial charge in [0.25, 0.3) is 11.8 Å². The van der Waals surface area contributed by atoms with Crippen molar-refractivity contribution in [1.29, 1.82) is 0 Å². The van der Waals surface area contributed by atoms with E-state index in [1.54, 1.807) is 6.07 Å². The first-order valence-electron chi connectivity index (χ1n) is 9.71. The van der Waals surface area contributed by atoms with Crippen molar-refractivity contribution in [2.24, 2.45) is 5.14 Å². The maximum absolute atomic E-state index is 13.2. The molecular formula is C20H21N3O7S. The molecule has 0 saturated carbocycles. The molecule has 2 aromatic rings. The van der Waals surface area contributed by atoms with Crippen molar-refractivity contribution < 1.29 is 32.0 Å². The van der Waals surface area contributed by atoms with Gasteiger partial charge in [-0.2, -0.15) is 0 Å². The molecule has 10 nitrogen and oxygen atoms in total. The van der Waals surface area contributed by atoms with Crippen LogP contribution in [0.1, 0.15) is 29.8 Å². The number of benzene rings is 1. The number of carbonyl (C=O) groups is 3. The summed E-state index contributed by atoms with van der Waals surface area (Å²) >= 11 is 0. The predicted molar refractivity (Wildman–Crippen MR) is 107 cm³/mol. The van der Waals surface area contributed by atoms with E-state index in [4.69, 9.17) is 14.3 Å². The van der Waals surface area contributed by atoms with Crippen molar-refractivity contribution >= 4 is 33.4 Å². The third-order valence-corrected chi connectivity index (χ3v) is 6.27. The number of carbonyl (C=O) groups excluding carboxylic acids is 3. The SMILES string of the molecule is NS(=O)(=O)c1ccc(N2C(=O)CC(N(CC3CCCO3)C(=O)c3ccco3)C2=O)cc1. The molecule has 3 heterocycles. The number of furan rings is 1. The van der Waals surface area contributed by atoms with E-state index in [2.05, 4.69) is 0 Å². The fourth-order valence-electron chi connectivity index (χ4n) is 3.82. The van der Waals surface area contributed by atoms with Crippen LogP contribution in [0.5, 0.6) is 0 Å². The molecule has 0 aliphatic carbocycles. The Hall–Kier alpha value is -3.02. The molecule has 0 bridgehead atoms. The van der Waals surface area contributed by atoms with Gasteiger partial charge in [-0.15, -0.1) is 0 Å². The van der Waals surface area contributed by atoms with Crippen LogP contribution < -0.4 is 10.0 Å². The zero-order valence-corrected chi connectivity index (χ0v) is 17.3. The number of sulfonamides is 1. The Bertz CT molecular complexity index is 1090. The minimum atomic E-state index is -3.91. The van der Waals surface area contributed by atoms with Crippen molar-refractivity contribution in [2.75, 3.05) is 18.1 Å². The summed E-state index contributed by atoms with van der Waals surface area (Å²) in [6.45, 7) is 0.731. The topological polar surface area (TPSA) is 140 Å². The van der Waals surface area contributed by atoms with E-state index in [0.29, 0.717) is 6.61 Å². The molecule has 2 aliphatic rings. The van der Waals surface area contributed by atoms with Crippen LogP contribution in [0.3, 0.4) is 0 Å². The first-order valence-corrected chi connectivity index (χ1v) is 11.3. The van der Waals surface area contributed by atoms with Gasteiger partial charge in [0.05, 0.1) is 29.4 Å². The van der Waals surface area contributed by atoms with Crippen LogP contribution in [0.2, 0.25) is 0 Å². The van der Waals surface area contributed by atoms with Crippen LogP contribution in [0.15, 0.2) is 52.0 Å². The van der Waals surface area contributed by atoms with E-state index in [-0.39, 0.29) is 35.4 Å². The fourth-order valence-corrected chi connectivity index (χ4v) is 4.33. The van der Waals surface area contributed by atoms with E-state index in [0.717, 1.165) is 17.7 Å². The second kappa shape index (κ2) is 8.25. The van der Waals surface area contributed by atoms with E-state index in [1.165, 1.54) is 41.5 Å². The van der Waals surface area contributed by atoms with Gasteiger partial charge in [0.2, 0.25) is 15.9 Å². The molecule has 3 amide bonds. The number of nitrogens with two attached hydrogens (primary N) is 1. The summed E-state index contributed by atoms with van der Waals surface area (Å²) < 4.78 is 33.7. The zero-order valence-electron chi connectivity index (χ0n) is 16.5. The Balaban J connectivity index is 1.61. The largest absolute Gasteiger partial charge is 0.459 e. The number of hydrogen-bond acceptors (Lipinski definition) is 7. The van der Waals surface area contributed by atoms with Gasteiger partial charge in [0.1, 0.15) is 6.04 Å². The van der Waals surface area contributed by atoms with E-state index in [1.807, 2.05) is 0 Å². The van der Waals surface area contributed by atoms with Gasteiger partial charge >= 0.3 is 0 Å². The third-order valence-electron chi connectivity index (χ3n) is 5.34. The maximum Gasteiger partial charge on any atom is 0.290 e. The average Bonchev–Trinajstić information content (AvgIpc) is 3.48. The molecule has 1 aromatic carbocycles. The summed E-state index contributed by atoms with van der Waals surface area (Å²) in [6, 6.07) is 7.14. The molecule has 11 heteroatoms. The van der Waals surface area contributed by atoms with E-state index < -0.39 is 33.8 Å². The first-order chi connectivity index (χ1) is 14.8. The highest BCUT2D eigenvalue weighted by atomic mass is 32.2. The molecule has 4 rings (SSSR count). The number of amides is 3. The van der Waals surface area contributed by atoms with Crippen molar-refractivity contribution in [3.8, 4) is 0 Å². The van der Waals surface area contributed by atoms with Crippen LogP contribution in [0.4, 0.5) is 5.69 Å². The standard InChI is InChI=1S/C20H21N3O7S/c21-31(27,28)15-7-5-13(6-8-15)23-18(24)11-16(19(23)25)22(12-14-3-1-9-29-14)20(26)17-4-2-10-30-17/h2,4-8,10,14,16H,1,3,9,11-12H2,(H2,21,27,28). The number of primary sulfonamides is 1. The quantitative estimate of drug-likeness (QED) is 0.648. The van der Waals surface area contributed by atoms with Crippen LogP contribution >= 0.6 is 0 Å². The summed E-state index contributed by atoms with van der Waals surface area (Å²) in [5.74, 6) is -1.51. The van der Waals surface area contributed by atoms with E-state index >= 15 is 0 Å². The highest BCUT2D eigenvalue weighted by Crippen LogP contribution is 2.28. The summed E-state index contributed by atoms with van der Waals surface area (Å²) in [4.78, 5) is 41.1. The van der Waals surface area contributed by atoms with Gasteiger partial charge in [-0.1, -0.05) is 0 Å². The number of nitrogens with zero attached hydrogens (tertiary/aromatic N) is 2. The summed E-state index contributed by atoms with van der Waals surface area (Å²) in [5, 5.41) is 5.09.